The van der Waals surface area contributed by atoms with Crippen molar-refractivity contribution in [1.29, 1.82) is 0 Å². The third kappa shape index (κ3) is 4.25. The Balaban J connectivity index is 2.05. The Morgan fingerprint density at radius 2 is 1.76 bits per heavy atom. The van der Waals surface area contributed by atoms with Gasteiger partial charge in [0.05, 0.1) is 24.7 Å². The number of rotatable bonds is 8. The summed E-state index contributed by atoms with van der Waals surface area (Å²) in [5, 5.41) is 1.62. The zero-order chi connectivity index (χ0) is 15.1. The van der Waals surface area contributed by atoms with Gasteiger partial charge in [0, 0.05) is 19.0 Å². The highest BCUT2D eigenvalue weighted by Crippen LogP contribution is 2.22. The number of ether oxygens (including phenoxy) is 2. The van der Waals surface area contributed by atoms with Gasteiger partial charge in [-0.25, -0.2) is 13.1 Å². The average Bonchev–Trinajstić information content (AvgIpc) is 2.50. The molecule has 0 saturated carbocycles. The maximum Gasteiger partial charge on any atom is 0.241 e. The molecule has 6 heteroatoms. The fourth-order valence-corrected chi connectivity index (χ4v) is 3.24. The molecule has 2 aromatic rings. The molecule has 0 aromatic heterocycles. The Bertz CT molecular complexity index is 680. The van der Waals surface area contributed by atoms with Crippen molar-refractivity contribution in [2.75, 3.05) is 33.5 Å². The molecule has 0 amide bonds. The lowest BCUT2D eigenvalue weighted by Crippen LogP contribution is -2.28. The minimum absolute atomic E-state index is 0.231. The van der Waals surface area contributed by atoms with Crippen LogP contribution in [0, 0.1) is 0 Å². The molecule has 0 aliphatic heterocycles. The Labute approximate surface area is 124 Å². The molecule has 2 rings (SSSR count). The summed E-state index contributed by atoms with van der Waals surface area (Å²) >= 11 is 0. The van der Waals surface area contributed by atoms with Gasteiger partial charge < -0.3 is 9.47 Å². The van der Waals surface area contributed by atoms with Crippen LogP contribution < -0.4 is 4.72 Å². The molecule has 0 heterocycles. The lowest BCUT2D eigenvalue weighted by atomic mass is 10.1. The van der Waals surface area contributed by atoms with Crippen molar-refractivity contribution < 1.29 is 17.9 Å². The van der Waals surface area contributed by atoms with Gasteiger partial charge >= 0.3 is 0 Å². The standard InChI is InChI=1S/C15H19NO4S/c1-19-11-12-20-10-9-16-21(17,18)15-8-4-6-13-5-2-3-7-14(13)15/h2-8,16H,9-12H2,1H3. The van der Waals surface area contributed by atoms with Crippen molar-refractivity contribution >= 4 is 20.8 Å². The van der Waals surface area contributed by atoms with Crippen LogP contribution in [0.15, 0.2) is 47.4 Å². The molecular formula is C15H19NO4S. The van der Waals surface area contributed by atoms with Gasteiger partial charge in [-0.3, -0.25) is 0 Å². The van der Waals surface area contributed by atoms with Gasteiger partial charge in [0.25, 0.3) is 0 Å². The summed E-state index contributed by atoms with van der Waals surface area (Å²) in [4.78, 5) is 0.289. The molecule has 0 saturated heterocycles. The summed E-state index contributed by atoms with van der Waals surface area (Å²) in [7, 11) is -1.95. The maximum absolute atomic E-state index is 12.3. The van der Waals surface area contributed by atoms with Crippen LogP contribution in [0.4, 0.5) is 0 Å². The zero-order valence-corrected chi connectivity index (χ0v) is 12.7. The van der Waals surface area contributed by atoms with Gasteiger partial charge in [0.2, 0.25) is 10.0 Å². The second-order valence-electron chi connectivity index (χ2n) is 4.48. The molecule has 0 atom stereocenters. The summed E-state index contributed by atoms with van der Waals surface area (Å²) in [5.74, 6) is 0. The van der Waals surface area contributed by atoms with E-state index < -0.39 is 10.0 Å². The number of sulfonamides is 1. The van der Waals surface area contributed by atoms with Crippen LogP contribution in [0.2, 0.25) is 0 Å². The average molecular weight is 309 g/mol. The van der Waals surface area contributed by atoms with Crippen LogP contribution in [0.25, 0.3) is 10.8 Å². The van der Waals surface area contributed by atoms with Gasteiger partial charge in [-0.05, 0) is 11.5 Å². The van der Waals surface area contributed by atoms with E-state index in [4.69, 9.17) is 9.47 Å². The first-order valence-corrected chi connectivity index (χ1v) is 8.17. The lowest BCUT2D eigenvalue weighted by Gasteiger charge is -2.10. The maximum atomic E-state index is 12.3. The fraction of sp³-hybridized carbons (Fsp3) is 0.333. The largest absolute Gasteiger partial charge is 0.382 e. The van der Waals surface area contributed by atoms with E-state index in [0.717, 1.165) is 5.39 Å². The van der Waals surface area contributed by atoms with Gasteiger partial charge in [-0.2, -0.15) is 0 Å². The minimum Gasteiger partial charge on any atom is -0.382 e. The highest BCUT2D eigenvalue weighted by molar-refractivity contribution is 7.89. The molecule has 0 unspecified atom stereocenters. The van der Waals surface area contributed by atoms with E-state index in [-0.39, 0.29) is 11.4 Å². The molecule has 0 spiro atoms. The molecule has 0 radical (unpaired) electrons. The number of benzene rings is 2. The molecule has 0 aliphatic rings. The highest BCUT2D eigenvalue weighted by Gasteiger charge is 2.16. The SMILES string of the molecule is COCCOCCNS(=O)(=O)c1cccc2ccccc12. The first-order chi connectivity index (χ1) is 10.1. The summed E-state index contributed by atoms with van der Waals surface area (Å²) in [6.45, 7) is 1.49. The van der Waals surface area contributed by atoms with E-state index in [9.17, 15) is 8.42 Å². The Kier molecular flexibility index (Phi) is 5.69. The first-order valence-electron chi connectivity index (χ1n) is 6.69. The molecule has 0 bridgehead atoms. The molecule has 21 heavy (non-hydrogen) atoms. The Morgan fingerprint density at radius 1 is 1.00 bits per heavy atom. The number of hydrogen-bond acceptors (Lipinski definition) is 4. The van der Waals surface area contributed by atoms with Crippen LogP contribution in [-0.4, -0.2) is 41.9 Å². The van der Waals surface area contributed by atoms with Crippen molar-refractivity contribution in [1.82, 2.24) is 4.72 Å². The van der Waals surface area contributed by atoms with Crippen LogP contribution in [0.5, 0.6) is 0 Å². The number of nitrogens with one attached hydrogen (secondary N) is 1. The van der Waals surface area contributed by atoms with E-state index in [1.54, 1.807) is 25.3 Å². The topological polar surface area (TPSA) is 64.6 Å². The van der Waals surface area contributed by atoms with Crippen molar-refractivity contribution in [2.45, 2.75) is 4.90 Å². The Morgan fingerprint density at radius 3 is 2.57 bits per heavy atom. The van der Waals surface area contributed by atoms with E-state index >= 15 is 0 Å². The van der Waals surface area contributed by atoms with E-state index in [2.05, 4.69) is 4.72 Å². The molecule has 5 nitrogen and oxygen atoms in total. The molecule has 1 N–H and O–H groups in total. The summed E-state index contributed by atoms with van der Waals surface area (Å²) in [5.41, 5.74) is 0. The second kappa shape index (κ2) is 7.51. The molecule has 114 valence electrons. The first kappa shape index (κ1) is 15.9. The predicted octanol–water partition coefficient (Wildman–Crippen LogP) is 1.78. The van der Waals surface area contributed by atoms with Crippen LogP contribution in [0.3, 0.4) is 0 Å². The zero-order valence-electron chi connectivity index (χ0n) is 11.9. The smallest absolute Gasteiger partial charge is 0.241 e. The van der Waals surface area contributed by atoms with Gasteiger partial charge in [-0.1, -0.05) is 36.4 Å². The van der Waals surface area contributed by atoms with E-state index in [0.29, 0.717) is 25.2 Å². The number of fused-ring (bicyclic) bond motifs is 1. The quantitative estimate of drug-likeness (QED) is 0.755. The molecule has 2 aromatic carbocycles. The van der Waals surface area contributed by atoms with Crippen molar-refractivity contribution in [3.63, 3.8) is 0 Å². The monoisotopic (exact) mass is 309 g/mol. The summed E-state index contributed by atoms with van der Waals surface area (Å²) in [6.07, 6.45) is 0. The summed E-state index contributed by atoms with van der Waals surface area (Å²) < 4.78 is 37.3. The van der Waals surface area contributed by atoms with Crippen molar-refractivity contribution in [3.05, 3.63) is 42.5 Å². The lowest BCUT2D eigenvalue weighted by molar-refractivity contribution is 0.0736. The highest BCUT2D eigenvalue weighted by atomic mass is 32.2. The van der Waals surface area contributed by atoms with E-state index in [1.807, 2.05) is 24.3 Å². The predicted molar refractivity (Wildman–Crippen MR) is 81.8 cm³/mol. The van der Waals surface area contributed by atoms with Gasteiger partial charge in [-0.15, -0.1) is 0 Å². The van der Waals surface area contributed by atoms with Gasteiger partial charge in [0.1, 0.15) is 0 Å². The van der Waals surface area contributed by atoms with Crippen LogP contribution >= 0.6 is 0 Å². The van der Waals surface area contributed by atoms with Crippen molar-refractivity contribution in [2.24, 2.45) is 0 Å². The number of methoxy groups -OCH3 is 1. The van der Waals surface area contributed by atoms with Gasteiger partial charge in [0.15, 0.2) is 0 Å². The molecular weight excluding hydrogens is 290 g/mol. The Hall–Kier alpha value is -1.47. The van der Waals surface area contributed by atoms with Crippen molar-refractivity contribution in [3.8, 4) is 0 Å². The summed E-state index contributed by atoms with van der Waals surface area (Å²) in [6, 6.07) is 12.6. The molecule has 0 fully saturated rings. The normalized spacial score (nSPS) is 11.9. The third-order valence-electron chi connectivity index (χ3n) is 3.01. The minimum atomic E-state index is -3.54. The number of hydrogen-bond donors (Lipinski definition) is 1. The third-order valence-corrected chi connectivity index (χ3v) is 4.53. The van der Waals surface area contributed by atoms with Crippen LogP contribution in [0.1, 0.15) is 0 Å². The second-order valence-corrected chi connectivity index (χ2v) is 6.22. The van der Waals surface area contributed by atoms with E-state index in [1.165, 1.54) is 0 Å². The molecule has 0 aliphatic carbocycles. The fourth-order valence-electron chi connectivity index (χ4n) is 2.00. The van der Waals surface area contributed by atoms with Crippen LogP contribution in [-0.2, 0) is 19.5 Å².